The van der Waals surface area contributed by atoms with E-state index in [2.05, 4.69) is 47.5 Å². The van der Waals surface area contributed by atoms with E-state index in [4.69, 9.17) is 0 Å². The maximum Gasteiger partial charge on any atom is 0.242 e. The second kappa shape index (κ2) is 7.89. The van der Waals surface area contributed by atoms with Crippen LogP contribution in [0.3, 0.4) is 0 Å². The zero-order chi connectivity index (χ0) is 18.7. The van der Waals surface area contributed by atoms with Crippen molar-refractivity contribution in [3.63, 3.8) is 0 Å². The lowest BCUT2D eigenvalue weighted by Crippen LogP contribution is -2.48. The van der Waals surface area contributed by atoms with E-state index in [-0.39, 0.29) is 4.90 Å². The molecule has 7 nitrogen and oxygen atoms in total. The summed E-state index contributed by atoms with van der Waals surface area (Å²) in [6.45, 7) is 4.79. The third-order valence-electron chi connectivity index (χ3n) is 4.75. The number of hydrogen-bond donors (Lipinski definition) is 1. The molecule has 0 unspecified atom stereocenters. The predicted molar refractivity (Wildman–Crippen MR) is 108 cm³/mol. The summed E-state index contributed by atoms with van der Waals surface area (Å²) in [5.74, 6) is 0. The van der Waals surface area contributed by atoms with Crippen molar-refractivity contribution in [2.45, 2.75) is 4.90 Å². The Morgan fingerprint density at radius 2 is 1.74 bits per heavy atom. The van der Waals surface area contributed by atoms with Gasteiger partial charge < -0.3 is 4.90 Å². The van der Waals surface area contributed by atoms with E-state index in [1.54, 1.807) is 18.2 Å². The van der Waals surface area contributed by atoms with E-state index in [1.807, 2.05) is 6.07 Å². The van der Waals surface area contributed by atoms with E-state index in [0.29, 0.717) is 24.1 Å². The molecule has 4 rings (SSSR count). The number of para-hydroxylation sites is 1. The fourth-order valence-electron chi connectivity index (χ4n) is 3.28. The third kappa shape index (κ3) is 4.11. The molecule has 1 aromatic heterocycles. The Morgan fingerprint density at radius 3 is 2.52 bits per heavy atom. The molecule has 1 saturated heterocycles. The normalized spacial score (nSPS) is 16.1. The van der Waals surface area contributed by atoms with Gasteiger partial charge in [0, 0.05) is 45.0 Å². The van der Waals surface area contributed by atoms with E-state index >= 15 is 0 Å². The van der Waals surface area contributed by atoms with Crippen LogP contribution in [0.5, 0.6) is 0 Å². The Balaban J connectivity index is 1.31. The van der Waals surface area contributed by atoms with Gasteiger partial charge in [0.1, 0.15) is 15.9 Å². The number of rotatable bonds is 6. The van der Waals surface area contributed by atoms with Crippen LogP contribution < -0.4 is 9.62 Å². The summed E-state index contributed by atoms with van der Waals surface area (Å²) in [7, 11) is -3.59. The highest BCUT2D eigenvalue weighted by molar-refractivity contribution is 7.89. The van der Waals surface area contributed by atoms with Gasteiger partial charge in [-0.15, -0.1) is 0 Å². The number of piperazine rings is 1. The Bertz CT molecular complexity index is 999. The Labute approximate surface area is 163 Å². The molecule has 1 aliphatic rings. The van der Waals surface area contributed by atoms with Crippen LogP contribution in [0.15, 0.2) is 53.4 Å². The van der Waals surface area contributed by atoms with E-state index in [0.717, 1.165) is 37.9 Å². The fourth-order valence-corrected chi connectivity index (χ4v) is 5.07. The zero-order valence-corrected chi connectivity index (χ0v) is 16.4. The largest absolute Gasteiger partial charge is 0.369 e. The minimum absolute atomic E-state index is 0.197. The Hall–Kier alpha value is -2.07. The summed E-state index contributed by atoms with van der Waals surface area (Å²) in [5, 5.41) is 0. The third-order valence-corrected chi connectivity index (χ3v) is 6.79. The molecule has 0 spiro atoms. The van der Waals surface area contributed by atoms with Gasteiger partial charge >= 0.3 is 0 Å². The summed E-state index contributed by atoms with van der Waals surface area (Å²) >= 11 is 1.02. The monoisotopic (exact) mass is 403 g/mol. The van der Waals surface area contributed by atoms with Crippen molar-refractivity contribution >= 4 is 38.5 Å². The lowest BCUT2D eigenvalue weighted by molar-refractivity contribution is 0.262. The van der Waals surface area contributed by atoms with Gasteiger partial charge in [-0.1, -0.05) is 24.3 Å². The van der Waals surface area contributed by atoms with Crippen molar-refractivity contribution in [2.75, 3.05) is 44.2 Å². The number of hydrogen-bond acceptors (Lipinski definition) is 7. The molecule has 2 aromatic carbocycles. The van der Waals surface area contributed by atoms with Gasteiger partial charge in [-0.2, -0.15) is 8.75 Å². The minimum atomic E-state index is -3.59. The maximum atomic E-state index is 12.6. The summed E-state index contributed by atoms with van der Waals surface area (Å²) in [5.41, 5.74) is 2.29. The molecule has 1 aliphatic heterocycles. The van der Waals surface area contributed by atoms with Crippen LogP contribution >= 0.6 is 11.7 Å². The van der Waals surface area contributed by atoms with Gasteiger partial charge in [-0.3, -0.25) is 4.90 Å². The average molecular weight is 404 g/mol. The van der Waals surface area contributed by atoms with Crippen LogP contribution in [-0.4, -0.2) is 61.3 Å². The van der Waals surface area contributed by atoms with Crippen LogP contribution in [0, 0.1) is 0 Å². The topological polar surface area (TPSA) is 78.4 Å². The molecule has 9 heteroatoms. The second-order valence-corrected chi connectivity index (χ2v) is 8.71. The molecule has 1 N–H and O–H groups in total. The number of anilines is 1. The van der Waals surface area contributed by atoms with Gasteiger partial charge in [0.25, 0.3) is 0 Å². The summed E-state index contributed by atoms with van der Waals surface area (Å²) in [4.78, 5) is 4.84. The Morgan fingerprint density at radius 1 is 0.963 bits per heavy atom. The zero-order valence-electron chi connectivity index (χ0n) is 14.8. The number of sulfonamides is 1. The number of nitrogens with one attached hydrogen (secondary N) is 1. The van der Waals surface area contributed by atoms with Gasteiger partial charge in [-0.05, 0) is 24.3 Å². The number of nitrogens with zero attached hydrogens (tertiary/aromatic N) is 4. The van der Waals surface area contributed by atoms with Crippen LogP contribution in [0.25, 0.3) is 11.0 Å². The number of aromatic nitrogens is 2. The molecule has 0 bridgehead atoms. The van der Waals surface area contributed by atoms with Crippen molar-refractivity contribution < 1.29 is 8.42 Å². The number of benzene rings is 2. The van der Waals surface area contributed by atoms with Crippen molar-refractivity contribution in [1.82, 2.24) is 18.4 Å². The Kier molecular flexibility index (Phi) is 5.35. The molecule has 1 fully saturated rings. The predicted octanol–water partition coefficient (Wildman–Crippen LogP) is 1.79. The van der Waals surface area contributed by atoms with Crippen molar-refractivity contribution in [2.24, 2.45) is 0 Å². The van der Waals surface area contributed by atoms with Gasteiger partial charge in [-0.25, -0.2) is 13.1 Å². The van der Waals surface area contributed by atoms with Crippen LogP contribution in [-0.2, 0) is 10.0 Å². The molecule has 3 aromatic rings. The molecule has 0 saturated carbocycles. The fraction of sp³-hybridized carbons (Fsp3) is 0.333. The molecule has 0 aliphatic carbocycles. The van der Waals surface area contributed by atoms with Gasteiger partial charge in [0.2, 0.25) is 10.0 Å². The first-order chi connectivity index (χ1) is 13.1. The lowest BCUT2D eigenvalue weighted by atomic mass is 10.2. The second-order valence-electron chi connectivity index (χ2n) is 6.45. The van der Waals surface area contributed by atoms with Gasteiger partial charge in [0.05, 0.1) is 11.7 Å². The first kappa shape index (κ1) is 18.3. The average Bonchev–Trinajstić information content (AvgIpc) is 3.18. The van der Waals surface area contributed by atoms with Crippen LogP contribution in [0.4, 0.5) is 5.69 Å². The summed E-state index contributed by atoms with van der Waals surface area (Å²) in [6, 6.07) is 15.4. The maximum absolute atomic E-state index is 12.6. The number of fused-ring (bicyclic) bond motifs is 1. The molecule has 142 valence electrons. The van der Waals surface area contributed by atoms with Gasteiger partial charge in [0.15, 0.2) is 0 Å². The first-order valence-corrected chi connectivity index (χ1v) is 11.1. The quantitative estimate of drug-likeness (QED) is 0.676. The molecular formula is C18H21N5O2S2. The van der Waals surface area contributed by atoms with E-state index in [9.17, 15) is 8.42 Å². The van der Waals surface area contributed by atoms with Crippen molar-refractivity contribution in [3.8, 4) is 0 Å². The molecule has 0 atom stereocenters. The molecule has 27 heavy (non-hydrogen) atoms. The van der Waals surface area contributed by atoms with Crippen LogP contribution in [0.1, 0.15) is 0 Å². The van der Waals surface area contributed by atoms with Crippen molar-refractivity contribution in [1.29, 1.82) is 0 Å². The summed E-state index contributed by atoms with van der Waals surface area (Å²) < 4.78 is 36.2. The van der Waals surface area contributed by atoms with E-state index in [1.165, 1.54) is 5.69 Å². The highest BCUT2D eigenvalue weighted by atomic mass is 32.2. The molecule has 2 heterocycles. The lowest BCUT2D eigenvalue weighted by Gasteiger charge is -2.36. The van der Waals surface area contributed by atoms with Crippen molar-refractivity contribution in [3.05, 3.63) is 48.5 Å². The standard InChI is InChI=1S/C18H21N5O2S2/c24-27(25,17-8-4-7-16-18(17)21-26-20-16)19-9-10-22-11-13-23(14-12-22)15-5-2-1-3-6-15/h1-8,19H,9-14H2. The highest BCUT2D eigenvalue weighted by Gasteiger charge is 2.21. The van der Waals surface area contributed by atoms with E-state index < -0.39 is 10.0 Å². The molecular weight excluding hydrogens is 382 g/mol. The highest BCUT2D eigenvalue weighted by Crippen LogP contribution is 2.21. The SMILES string of the molecule is O=S(=O)(NCCN1CCN(c2ccccc2)CC1)c1cccc2nsnc12. The summed E-state index contributed by atoms with van der Waals surface area (Å²) in [6.07, 6.45) is 0. The first-order valence-electron chi connectivity index (χ1n) is 8.87. The smallest absolute Gasteiger partial charge is 0.242 e. The molecule has 0 radical (unpaired) electrons. The minimum Gasteiger partial charge on any atom is -0.369 e. The molecule has 0 amide bonds. The van der Waals surface area contributed by atoms with Crippen LogP contribution in [0.2, 0.25) is 0 Å².